The number of rotatable bonds is 6. The van der Waals surface area contributed by atoms with Gasteiger partial charge in [-0.1, -0.05) is 26.0 Å². The lowest BCUT2D eigenvalue weighted by atomic mass is 10.1. The minimum Gasteiger partial charge on any atom is -0.384 e. The molecule has 1 fully saturated rings. The monoisotopic (exact) mass is 427 g/mol. The van der Waals surface area contributed by atoms with Crippen LogP contribution in [0.5, 0.6) is 0 Å². The predicted octanol–water partition coefficient (Wildman–Crippen LogP) is 1.41. The second kappa shape index (κ2) is 9.09. The fourth-order valence-corrected chi connectivity index (χ4v) is 4.09. The van der Waals surface area contributed by atoms with Crippen molar-refractivity contribution in [2.75, 3.05) is 43.4 Å². The highest BCUT2D eigenvalue weighted by Gasteiger charge is 2.26. The molecule has 1 aromatic carbocycles. The molecule has 31 heavy (non-hydrogen) atoms. The van der Waals surface area contributed by atoms with Crippen molar-refractivity contribution in [1.29, 1.82) is 0 Å². The number of nitrogens with zero attached hydrogens (tertiary/aromatic N) is 4. The number of Topliss-reactive ketones (excluding diaryl/α,β-unsaturated/α-hetero) is 1. The predicted molar refractivity (Wildman–Crippen MR) is 124 cm³/mol. The van der Waals surface area contributed by atoms with Crippen molar-refractivity contribution < 1.29 is 4.79 Å². The van der Waals surface area contributed by atoms with Crippen LogP contribution in [0.25, 0.3) is 0 Å². The molecule has 1 aliphatic heterocycles. The number of piperazine rings is 1. The molecule has 1 aromatic heterocycles. The Bertz CT molecular complexity index is 1090. The Kier molecular flexibility index (Phi) is 6.69. The molecule has 0 spiro atoms. The maximum Gasteiger partial charge on any atom is 0.332 e. The summed E-state index contributed by atoms with van der Waals surface area (Å²) in [5.74, 6) is -0.213. The van der Waals surface area contributed by atoms with Crippen LogP contribution in [0.1, 0.15) is 35.3 Å². The summed E-state index contributed by atoms with van der Waals surface area (Å²) in [6, 6.07) is 6.31. The normalized spacial score (nSPS) is 15.0. The molecule has 2 aromatic rings. The van der Waals surface area contributed by atoms with Crippen LogP contribution >= 0.6 is 0 Å². The number of carbonyl (C=O) groups is 1. The van der Waals surface area contributed by atoms with Gasteiger partial charge < -0.3 is 10.6 Å². The number of benzene rings is 1. The quantitative estimate of drug-likeness (QED) is 0.701. The Hall–Kier alpha value is -2.87. The van der Waals surface area contributed by atoms with Crippen molar-refractivity contribution in [2.24, 2.45) is 13.0 Å². The maximum atomic E-state index is 13.0. The molecule has 2 N–H and O–H groups in total. The number of nitrogens with two attached hydrogens (primary N) is 1. The topological polar surface area (TPSA) is 93.6 Å². The van der Waals surface area contributed by atoms with Crippen LogP contribution in [0.4, 0.5) is 11.5 Å². The molecule has 1 saturated heterocycles. The van der Waals surface area contributed by atoms with Gasteiger partial charge in [-0.05, 0) is 37.0 Å². The Morgan fingerprint density at radius 2 is 1.74 bits per heavy atom. The van der Waals surface area contributed by atoms with E-state index in [1.807, 2.05) is 18.7 Å². The molecular formula is C23H33N5O3. The van der Waals surface area contributed by atoms with E-state index in [4.69, 9.17) is 5.73 Å². The molecule has 168 valence electrons. The fraction of sp³-hybridized carbons (Fsp3) is 0.522. The number of anilines is 2. The van der Waals surface area contributed by atoms with Crippen molar-refractivity contribution in [2.45, 2.75) is 34.2 Å². The van der Waals surface area contributed by atoms with E-state index in [2.05, 4.69) is 36.9 Å². The van der Waals surface area contributed by atoms with E-state index in [0.717, 1.165) is 17.7 Å². The van der Waals surface area contributed by atoms with Gasteiger partial charge in [-0.25, -0.2) is 4.79 Å². The average molecular weight is 428 g/mol. The Labute approximate surface area is 182 Å². The molecule has 0 saturated carbocycles. The highest BCUT2D eigenvalue weighted by molar-refractivity contribution is 6.01. The van der Waals surface area contributed by atoms with Gasteiger partial charge in [-0.15, -0.1) is 0 Å². The lowest BCUT2D eigenvalue weighted by Crippen LogP contribution is -2.49. The summed E-state index contributed by atoms with van der Waals surface area (Å²) >= 11 is 0. The number of nitrogen functional groups attached to an aromatic ring is 1. The molecule has 8 nitrogen and oxygen atoms in total. The van der Waals surface area contributed by atoms with E-state index >= 15 is 0 Å². The summed E-state index contributed by atoms with van der Waals surface area (Å²) in [7, 11) is 1.39. The number of carbonyl (C=O) groups excluding carboxylic acids is 1. The summed E-state index contributed by atoms with van der Waals surface area (Å²) in [6.07, 6.45) is 0. The molecule has 8 heteroatoms. The third-order valence-electron chi connectivity index (χ3n) is 6.07. The van der Waals surface area contributed by atoms with Crippen LogP contribution in [-0.2, 0) is 13.6 Å². The summed E-state index contributed by atoms with van der Waals surface area (Å²) in [5, 5.41) is 0. The zero-order valence-electron chi connectivity index (χ0n) is 19.1. The molecule has 0 bridgehead atoms. The number of hydrogen-bond donors (Lipinski definition) is 1. The summed E-state index contributed by atoms with van der Waals surface area (Å²) in [5.41, 5.74) is 8.70. The average Bonchev–Trinajstić information content (AvgIpc) is 2.72. The van der Waals surface area contributed by atoms with E-state index in [0.29, 0.717) is 19.6 Å². The second-order valence-corrected chi connectivity index (χ2v) is 8.82. The first-order chi connectivity index (χ1) is 14.6. The van der Waals surface area contributed by atoms with Crippen LogP contribution in [-0.4, -0.2) is 52.5 Å². The van der Waals surface area contributed by atoms with Gasteiger partial charge in [0, 0.05) is 45.5 Å². The van der Waals surface area contributed by atoms with Gasteiger partial charge in [0.1, 0.15) is 11.4 Å². The first-order valence-electron chi connectivity index (χ1n) is 10.8. The smallest absolute Gasteiger partial charge is 0.332 e. The summed E-state index contributed by atoms with van der Waals surface area (Å²) in [6.45, 7) is 11.6. The van der Waals surface area contributed by atoms with Crippen LogP contribution in [0.3, 0.4) is 0 Å². The summed E-state index contributed by atoms with van der Waals surface area (Å²) < 4.78 is 2.31. The largest absolute Gasteiger partial charge is 0.384 e. The van der Waals surface area contributed by atoms with Gasteiger partial charge in [0.2, 0.25) is 0 Å². The van der Waals surface area contributed by atoms with Crippen LogP contribution in [0.2, 0.25) is 0 Å². The first kappa shape index (κ1) is 22.8. The van der Waals surface area contributed by atoms with E-state index in [-0.39, 0.29) is 29.6 Å². The first-order valence-corrected chi connectivity index (χ1v) is 10.8. The SMILES string of the molecule is Cc1cccc(N2CCN(CC(=O)c3c(N)n(CC(C)C)c(=O)n(C)c3=O)CC2)c1C. The lowest BCUT2D eigenvalue weighted by Gasteiger charge is -2.36. The Morgan fingerprint density at radius 1 is 1.10 bits per heavy atom. The Balaban J connectivity index is 1.76. The van der Waals surface area contributed by atoms with E-state index < -0.39 is 11.2 Å². The lowest BCUT2D eigenvalue weighted by molar-refractivity contribution is 0.0924. The maximum absolute atomic E-state index is 13.0. The van der Waals surface area contributed by atoms with Crippen molar-refractivity contribution in [3.05, 3.63) is 55.7 Å². The molecule has 0 aliphatic carbocycles. The second-order valence-electron chi connectivity index (χ2n) is 8.82. The number of aromatic nitrogens is 2. The van der Waals surface area contributed by atoms with E-state index in [1.54, 1.807) is 0 Å². The number of ketones is 1. The van der Waals surface area contributed by atoms with Crippen molar-refractivity contribution >= 4 is 17.3 Å². The number of hydrogen-bond acceptors (Lipinski definition) is 6. The minimum atomic E-state index is -0.624. The van der Waals surface area contributed by atoms with Gasteiger partial charge in [-0.3, -0.25) is 23.6 Å². The highest BCUT2D eigenvalue weighted by atomic mass is 16.2. The van der Waals surface area contributed by atoms with E-state index in [1.165, 1.54) is 28.4 Å². The van der Waals surface area contributed by atoms with Gasteiger partial charge in [0.25, 0.3) is 5.56 Å². The van der Waals surface area contributed by atoms with Crippen molar-refractivity contribution in [3.8, 4) is 0 Å². The van der Waals surface area contributed by atoms with Crippen LogP contribution < -0.4 is 21.9 Å². The van der Waals surface area contributed by atoms with Crippen molar-refractivity contribution in [1.82, 2.24) is 14.0 Å². The molecule has 0 unspecified atom stereocenters. The number of aryl methyl sites for hydroxylation is 1. The van der Waals surface area contributed by atoms with Gasteiger partial charge in [-0.2, -0.15) is 0 Å². The van der Waals surface area contributed by atoms with Gasteiger partial charge in [0.15, 0.2) is 5.78 Å². The minimum absolute atomic E-state index is 0.0270. The van der Waals surface area contributed by atoms with Crippen molar-refractivity contribution in [3.63, 3.8) is 0 Å². The Morgan fingerprint density at radius 3 is 2.35 bits per heavy atom. The zero-order valence-corrected chi connectivity index (χ0v) is 19.1. The standard InChI is InChI=1S/C23H33N5O3/c1-15(2)13-28-21(24)20(22(30)25(5)23(28)31)19(29)14-26-9-11-27(12-10-26)18-8-6-7-16(3)17(18)4/h6-8,15H,9-14,24H2,1-5H3. The molecule has 0 radical (unpaired) electrons. The molecule has 0 amide bonds. The molecule has 3 rings (SSSR count). The van der Waals surface area contributed by atoms with Crippen LogP contribution in [0, 0.1) is 19.8 Å². The molecule has 2 heterocycles. The van der Waals surface area contributed by atoms with E-state index in [9.17, 15) is 14.4 Å². The highest BCUT2D eigenvalue weighted by Crippen LogP contribution is 2.24. The molecule has 0 atom stereocenters. The van der Waals surface area contributed by atoms with Crippen LogP contribution in [0.15, 0.2) is 27.8 Å². The van der Waals surface area contributed by atoms with Gasteiger partial charge >= 0.3 is 5.69 Å². The third-order valence-corrected chi connectivity index (χ3v) is 6.07. The van der Waals surface area contributed by atoms with Gasteiger partial charge in [0.05, 0.1) is 6.54 Å². The third kappa shape index (κ3) is 4.58. The zero-order chi connectivity index (χ0) is 22.9. The molecule has 1 aliphatic rings. The fourth-order valence-electron chi connectivity index (χ4n) is 4.09. The molecular weight excluding hydrogens is 394 g/mol. The summed E-state index contributed by atoms with van der Waals surface area (Å²) in [4.78, 5) is 42.5.